The van der Waals surface area contributed by atoms with Crippen LogP contribution in [0.5, 0.6) is 0 Å². The summed E-state index contributed by atoms with van der Waals surface area (Å²) in [6.45, 7) is 0. The minimum Gasteiger partial charge on any atom is -0.478 e. The summed E-state index contributed by atoms with van der Waals surface area (Å²) in [4.78, 5) is 29.7. The SMILES string of the molecule is O=C(O)c1ccc2c(=O)[nH]c(/C(Cl)=C/c3cccc(C(F)(F)F)c3)nc2c1. The van der Waals surface area contributed by atoms with Gasteiger partial charge in [0.2, 0.25) is 0 Å². The van der Waals surface area contributed by atoms with E-state index < -0.39 is 23.3 Å². The molecular weight excluding hydrogens is 385 g/mol. The van der Waals surface area contributed by atoms with E-state index in [0.29, 0.717) is 0 Å². The van der Waals surface area contributed by atoms with Crippen LogP contribution in [0, 0.1) is 0 Å². The average Bonchev–Trinajstić information content (AvgIpc) is 2.60. The standard InChI is InChI=1S/C18H10ClF3N2O3/c19-13(7-9-2-1-3-11(6-9)18(20,21)22)15-23-14-8-10(17(26)27)4-5-12(14)16(25)24-15/h1-8H,(H,26,27)(H,23,24,25)/b13-7-. The predicted octanol–water partition coefficient (Wildman–Crippen LogP) is 4.38. The van der Waals surface area contributed by atoms with Gasteiger partial charge in [-0.2, -0.15) is 13.2 Å². The van der Waals surface area contributed by atoms with Crippen LogP contribution in [0.4, 0.5) is 13.2 Å². The molecule has 0 spiro atoms. The molecule has 0 aliphatic heterocycles. The van der Waals surface area contributed by atoms with E-state index in [9.17, 15) is 22.8 Å². The van der Waals surface area contributed by atoms with Crippen molar-refractivity contribution in [2.24, 2.45) is 0 Å². The number of rotatable bonds is 3. The van der Waals surface area contributed by atoms with Crippen molar-refractivity contribution in [3.8, 4) is 0 Å². The maximum Gasteiger partial charge on any atom is 0.416 e. The van der Waals surface area contributed by atoms with E-state index in [1.807, 2.05) is 0 Å². The lowest BCUT2D eigenvalue weighted by Crippen LogP contribution is -2.11. The smallest absolute Gasteiger partial charge is 0.416 e. The van der Waals surface area contributed by atoms with E-state index in [1.54, 1.807) is 0 Å². The molecule has 2 aromatic carbocycles. The van der Waals surface area contributed by atoms with Gasteiger partial charge in [-0.3, -0.25) is 4.79 Å². The van der Waals surface area contributed by atoms with Crippen LogP contribution in [0.15, 0.2) is 47.3 Å². The maximum atomic E-state index is 12.8. The molecular formula is C18H10ClF3N2O3. The Kier molecular flexibility index (Phi) is 4.75. The van der Waals surface area contributed by atoms with Crippen LogP contribution in [0.25, 0.3) is 22.0 Å². The monoisotopic (exact) mass is 394 g/mol. The molecule has 5 nitrogen and oxygen atoms in total. The minimum atomic E-state index is -4.50. The second kappa shape index (κ2) is 6.88. The minimum absolute atomic E-state index is 0.0652. The Balaban J connectivity index is 2.07. The average molecular weight is 395 g/mol. The highest BCUT2D eigenvalue weighted by Gasteiger charge is 2.30. The van der Waals surface area contributed by atoms with E-state index >= 15 is 0 Å². The number of hydrogen-bond donors (Lipinski definition) is 2. The van der Waals surface area contributed by atoms with Crippen LogP contribution in [-0.2, 0) is 6.18 Å². The van der Waals surface area contributed by atoms with Gasteiger partial charge in [-0.1, -0.05) is 23.7 Å². The zero-order valence-electron chi connectivity index (χ0n) is 13.3. The lowest BCUT2D eigenvalue weighted by atomic mass is 10.1. The van der Waals surface area contributed by atoms with Gasteiger partial charge in [0.15, 0.2) is 5.82 Å². The lowest BCUT2D eigenvalue weighted by molar-refractivity contribution is -0.137. The molecule has 9 heteroatoms. The summed E-state index contributed by atoms with van der Waals surface area (Å²) >= 11 is 6.11. The summed E-state index contributed by atoms with van der Waals surface area (Å²) in [7, 11) is 0. The Morgan fingerprint density at radius 1 is 1.19 bits per heavy atom. The highest BCUT2D eigenvalue weighted by atomic mass is 35.5. The lowest BCUT2D eigenvalue weighted by Gasteiger charge is -2.07. The van der Waals surface area contributed by atoms with Crippen molar-refractivity contribution in [3.05, 3.63) is 75.3 Å². The number of fused-ring (bicyclic) bond motifs is 1. The first-order chi connectivity index (χ1) is 12.6. The van der Waals surface area contributed by atoms with Crippen molar-refractivity contribution in [2.75, 3.05) is 0 Å². The van der Waals surface area contributed by atoms with Crippen LogP contribution in [0.3, 0.4) is 0 Å². The number of carboxylic acid groups (broad SMARTS) is 1. The van der Waals surface area contributed by atoms with Gasteiger partial charge in [-0.25, -0.2) is 9.78 Å². The molecule has 138 valence electrons. The molecule has 0 saturated carbocycles. The molecule has 0 fully saturated rings. The van der Waals surface area contributed by atoms with Crippen molar-refractivity contribution in [3.63, 3.8) is 0 Å². The largest absolute Gasteiger partial charge is 0.478 e. The fourth-order valence-corrected chi connectivity index (χ4v) is 2.62. The first kappa shape index (κ1) is 18.7. The van der Waals surface area contributed by atoms with Crippen LogP contribution in [0.2, 0.25) is 0 Å². The number of nitrogens with one attached hydrogen (secondary N) is 1. The van der Waals surface area contributed by atoms with Gasteiger partial charge in [0.05, 0.1) is 27.1 Å². The molecule has 0 atom stereocenters. The van der Waals surface area contributed by atoms with Crippen molar-refractivity contribution in [2.45, 2.75) is 6.18 Å². The van der Waals surface area contributed by atoms with E-state index in [2.05, 4.69) is 9.97 Å². The van der Waals surface area contributed by atoms with Crippen LogP contribution in [0.1, 0.15) is 27.3 Å². The van der Waals surface area contributed by atoms with Crippen molar-refractivity contribution in [1.29, 1.82) is 0 Å². The fraction of sp³-hybridized carbons (Fsp3) is 0.0556. The number of nitrogens with zero attached hydrogens (tertiary/aromatic N) is 1. The van der Waals surface area contributed by atoms with Gasteiger partial charge in [0.25, 0.3) is 5.56 Å². The number of aromatic carboxylic acids is 1. The van der Waals surface area contributed by atoms with E-state index in [4.69, 9.17) is 16.7 Å². The topological polar surface area (TPSA) is 83.0 Å². The Hall–Kier alpha value is -3.13. The number of halogens is 4. The normalized spacial score (nSPS) is 12.4. The molecule has 0 saturated heterocycles. The number of H-pyrrole nitrogens is 1. The van der Waals surface area contributed by atoms with Crippen LogP contribution >= 0.6 is 11.6 Å². The summed E-state index contributed by atoms with van der Waals surface area (Å²) in [5.41, 5.74) is -1.19. The number of carboxylic acids is 1. The quantitative estimate of drug-likeness (QED) is 0.690. The molecule has 2 N–H and O–H groups in total. The number of hydrogen-bond acceptors (Lipinski definition) is 3. The van der Waals surface area contributed by atoms with Crippen molar-refractivity contribution >= 4 is 39.6 Å². The van der Waals surface area contributed by atoms with Crippen LogP contribution in [-0.4, -0.2) is 21.0 Å². The molecule has 3 aromatic rings. The molecule has 0 unspecified atom stereocenters. The molecule has 3 rings (SSSR count). The van der Waals surface area contributed by atoms with Gasteiger partial charge in [0, 0.05) is 0 Å². The Morgan fingerprint density at radius 3 is 2.59 bits per heavy atom. The third kappa shape index (κ3) is 4.01. The Bertz CT molecular complexity index is 1140. The number of carbonyl (C=O) groups is 1. The van der Waals surface area contributed by atoms with Crippen LogP contribution < -0.4 is 5.56 Å². The maximum absolute atomic E-state index is 12.8. The van der Waals surface area contributed by atoms with Gasteiger partial charge >= 0.3 is 12.1 Å². The molecule has 0 amide bonds. The number of aromatic amines is 1. The zero-order chi connectivity index (χ0) is 19.8. The molecule has 0 radical (unpaired) electrons. The summed E-state index contributed by atoms with van der Waals surface area (Å²) in [6, 6.07) is 8.28. The highest BCUT2D eigenvalue weighted by Crippen LogP contribution is 2.30. The number of alkyl halides is 3. The molecule has 0 aliphatic carbocycles. The predicted molar refractivity (Wildman–Crippen MR) is 94.5 cm³/mol. The first-order valence-corrected chi connectivity index (χ1v) is 7.85. The summed E-state index contributed by atoms with van der Waals surface area (Å²) in [5, 5.41) is 9.09. The number of aromatic nitrogens is 2. The molecule has 1 aromatic heterocycles. The second-order valence-corrected chi connectivity index (χ2v) is 5.97. The van der Waals surface area contributed by atoms with Crippen molar-refractivity contribution in [1.82, 2.24) is 9.97 Å². The van der Waals surface area contributed by atoms with E-state index in [-0.39, 0.29) is 32.9 Å². The van der Waals surface area contributed by atoms with Crippen molar-refractivity contribution < 1.29 is 23.1 Å². The molecule has 27 heavy (non-hydrogen) atoms. The summed E-state index contributed by atoms with van der Waals surface area (Å²) in [6.07, 6.45) is -3.28. The zero-order valence-corrected chi connectivity index (χ0v) is 14.1. The molecule has 1 heterocycles. The van der Waals surface area contributed by atoms with Gasteiger partial charge in [-0.15, -0.1) is 0 Å². The van der Waals surface area contributed by atoms with Gasteiger partial charge < -0.3 is 10.1 Å². The first-order valence-electron chi connectivity index (χ1n) is 7.47. The number of benzene rings is 2. The Labute approximate surface area is 154 Å². The molecule has 0 aliphatic rings. The summed E-state index contributed by atoms with van der Waals surface area (Å²) in [5.74, 6) is -1.28. The van der Waals surface area contributed by atoms with E-state index in [0.717, 1.165) is 12.1 Å². The third-order valence-electron chi connectivity index (χ3n) is 3.69. The molecule has 0 bridgehead atoms. The summed E-state index contributed by atoms with van der Waals surface area (Å²) < 4.78 is 38.4. The Morgan fingerprint density at radius 2 is 1.93 bits per heavy atom. The second-order valence-electron chi connectivity index (χ2n) is 5.57. The van der Waals surface area contributed by atoms with E-state index in [1.165, 1.54) is 36.4 Å². The fourth-order valence-electron chi connectivity index (χ4n) is 2.41. The third-order valence-corrected chi connectivity index (χ3v) is 3.98. The highest BCUT2D eigenvalue weighted by molar-refractivity contribution is 6.50. The van der Waals surface area contributed by atoms with Gasteiger partial charge in [-0.05, 0) is 42.0 Å². The van der Waals surface area contributed by atoms with Gasteiger partial charge in [0.1, 0.15) is 0 Å².